The van der Waals surface area contributed by atoms with E-state index in [0.717, 1.165) is 0 Å². The van der Waals surface area contributed by atoms with Gasteiger partial charge in [-0.1, -0.05) is 12.1 Å². The molecule has 0 spiro atoms. The number of para-hydroxylation sites is 1. The Kier molecular flexibility index (Phi) is 3.99. The van der Waals surface area contributed by atoms with Crippen molar-refractivity contribution >= 4 is 21.4 Å². The van der Waals surface area contributed by atoms with E-state index in [9.17, 15) is 23.3 Å². The van der Waals surface area contributed by atoms with Crippen LogP contribution in [0.15, 0.2) is 18.2 Å². The maximum absolute atomic E-state index is 12.4. The van der Waals surface area contributed by atoms with E-state index in [2.05, 4.69) is 0 Å². The van der Waals surface area contributed by atoms with Gasteiger partial charge in [-0.25, -0.2) is 8.42 Å². The molecule has 1 saturated heterocycles. The van der Waals surface area contributed by atoms with E-state index in [1.165, 1.54) is 18.0 Å². The lowest BCUT2D eigenvalue weighted by Crippen LogP contribution is -2.38. The van der Waals surface area contributed by atoms with Gasteiger partial charge in [0.1, 0.15) is 5.56 Å². The van der Waals surface area contributed by atoms with Crippen molar-refractivity contribution in [1.82, 2.24) is 4.90 Å². The van der Waals surface area contributed by atoms with Crippen LogP contribution in [0.1, 0.15) is 22.3 Å². The predicted molar refractivity (Wildman–Crippen MR) is 77.0 cm³/mol. The summed E-state index contributed by atoms with van der Waals surface area (Å²) in [6, 6.07) is 4.11. The Labute approximate surface area is 122 Å². The summed E-state index contributed by atoms with van der Waals surface area (Å²) >= 11 is 0. The first-order valence-electron chi connectivity index (χ1n) is 6.44. The maximum Gasteiger partial charge on any atom is 0.285 e. The van der Waals surface area contributed by atoms with Crippen LogP contribution < -0.4 is 0 Å². The second-order valence-corrected chi connectivity index (χ2v) is 7.43. The molecule has 1 fully saturated rings. The van der Waals surface area contributed by atoms with Crippen molar-refractivity contribution in [3.63, 3.8) is 0 Å². The molecule has 0 bridgehead atoms. The highest BCUT2D eigenvalue weighted by atomic mass is 32.2. The summed E-state index contributed by atoms with van der Waals surface area (Å²) in [5, 5.41) is 11.1. The van der Waals surface area contributed by atoms with Crippen molar-refractivity contribution in [2.24, 2.45) is 0 Å². The molecule has 1 aliphatic heterocycles. The SMILES string of the molecule is Cc1cccc(C(=O)N(C)[C@H]2CCS(=O)(=O)C2)c1[N+](=O)[O-]. The third-order valence-corrected chi connectivity index (χ3v) is 5.48. The molecule has 0 saturated carbocycles. The Balaban J connectivity index is 2.33. The number of nitro benzene ring substituents is 1. The molecule has 0 radical (unpaired) electrons. The van der Waals surface area contributed by atoms with Gasteiger partial charge in [-0.15, -0.1) is 0 Å². The molecule has 0 N–H and O–H groups in total. The quantitative estimate of drug-likeness (QED) is 0.616. The normalized spacial score (nSPS) is 20.2. The Morgan fingerprint density at radius 1 is 1.43 bits per heavy atom. The lowest BCUT2D eigenvalue weighted by atomic mass is 10.1. The number of amides is 1. The molecule has 0 unspecified atom stereocenters. The number of sulfone groups is 1. The summed E-state index contributed by atoms with van der Waals surface area (Å²) in [5.74, 6) is -0.562. The van der Waals surface area contributed by atoms with Gasteiger partial charge in [0.25, 0.3) is 11.6 Å². The number of nitrogens with zero attached hydrogens (tertiary/aromatic N) is 2. The van der Waals surface area contributed by atoms with E-state index in [-0.39, 0.29) is 22.8 Å². The molecule has 1 atom stereocenters. The topological polar surface area (TPSA) is 97.6 Å². The van der Waals surface area contributed by atoms with Gasteiger partial charge in [0.15, 0.2) is 9.84 Å². The first-order valence-corrected chi connectivity index (χ1v) is 8.26. The number of aryl methyl sites for hydroxylation is 1. The number of hydrogen-bond donors (Lipinski definition) is 0. The van der Waals surface area contributed by atoms with Crippen molar-refractivity contribution in [3.8, 4) is 0 Å². The minimum atomic E-state index is -3.12. The van der Waals surface area contributed by atoms with Crippen LogP contribution in [0.2, 0.25) is 0 Å². The van der Waals surface area contributed by atoms with Crippen LogP contribution in [-0.4, -0.2) is 48.7 Å². The van der Waals surface area contributed by atoms with Gasteiger partial charge in [0.2, 0.25) is 0 Å². The summed E-state index contributed by atoms with van der Waals surface area (Å²) in [6.07, 6.45) is 0.365. The molecule has 21 heavy (non-hydrogen) atoms. The highest BCUT2D eigenvalue weighted by molar-refractivity contribution is 7.91. The van der Waals surface area contributed by atoms with Crippen LogP contribution in [0.5, 0.6) is 0 Å². The molecule has 7 nitrogen and oxygen atoms in total. The van der Waals surface area contributed by atoms with Gasteiger partial charge in [-0.3, -0.25) is 14.9 Å². The second-order valence-electron chi connectivity index (χ2n) is 5.20. The molecule has 0 aliphatic carbocycles. The Hall–Kier alpha value is -1.96. The molecule has 114 valence electrons. The summed E-state index contributed by atoms with van der Waals surface area (Å²) in [4.78, 5) is 24.3. The highest BCUT2D eigenvalue weighted by Gasteiger charge is 2.35. The summed E-state index contributed by atoms with van der Waals surface area (Å²) in [7, 11) is -1.63. The lowest BCUT2D eigenvalue weighted by Gasteiger charge is -2.23. The first-order chi connectivity index (χ1) is 9.73. The van der Waals surface area contributed by atoms with Crippen molar-refractivity contribution in [3.05, 3.63) is 39.4 Å². The zero-order valence-electron chi connectivity index (χ0n) is 11.8. The average molecular weight is 312 g/mol. The molecule has 1 aliphatic rings. The highest BCUT2D eigenvalue weighted by Crippen LogP contribution is 2.26. The molecule has 8 heteroatoms. The number of carbonyl (C=O) groups excluding carboxylic acids is 1. The van der Waals surface area contributed by atoms with Crippen LogP contribution >= 0.6 is 0 Å². The third kappa shape index (κ3) is 3.05. The van der Waals surface area contributed by atoms with Gasteiger partial charge in [-0.05, 0) is 19.4 Å². The summed E-state index contributed by atoms with van der Waals surface area (Å²) in [6.45, 7) is 1.56. The van der Waals surface area contributed by atoms with E-state index in [1.54, 1.807) is 19.1 Å². The van der Waals surface area contributed by atoms with Crippen LogP contribution in [0.4, 0.5) is 5.69 Å². The fourth-order valence-corrected chi connectivity index (χ4v) is 4.28. The fourth-order valence-electron chi connectivity index (χ4n) is 2.51. The summed E-state index contributed by atoms with van der Waals surface area (Å²) in [5.41, 5.74) is 0.167. The van der Waals surface area contributed by atoms with E-state index in [1.807, 2.05) is 0 Å². The standard InChI is InChI=1S/C13H16N2O5S/c1-9-4-3-5-11(12(9)15(17)18)13(16)14(2)10-6-7-21(19,20)8-10/h3-5,10H,6-8H2,1-2H3/t10-/m0/s1. The minimum Gasteiger partial charge on any atom is -0.337 e. The fraction of sp³-hybridized carbons (Fsp3) is 0.462. The Morgan fingerprint density at radius 2 is 2.10 bits per heavy atom. The predicted octanol–water partition coefficient (Wildman–Crippen LogP) is 1.16. The van der Waals surface area contributed by atoms with E-state index in [0.29, 0.717) is 12.0 Å². The number of nitro groups is 1. The Bertz CT molecular complexity index is 699. The molecular formula is C13H16N2O5S. The van der Waals surface area contributed by atoms with Crippen molar-refractivity contribution in [1.29, 1.82) is 0 Å². The van der Waals surface area contributed by atoms with Gasteiger partial charge < -0.3 is 4.90 Å². The number of hydrogen-bond acceptors (Lipinski definition) is 5. The average Bonchev–Trinajstić information content (AvgIpc) is 2.76. The van der Waals surface area contributed by atoms with Gasteiger partial charge >= 0.3 is 0 Å². The van der Waals surface area contributed by atoms with Crippen LogP contribution in [-0.2, 0) is 9.84 Å². The zero-order chi connectivity index (χ0) is 15.8. The van der Waals surface area contributed by atoms with Gasteiger partial charge in [0, 0.05) is 18.7 Å². The lowest BCUT2D eigenvalue weighted by molar-refractivity contribution is -0.385. The number of rotatable bonds is 3. The molecule has 1 heterocycles. The van der Waals surface area contributed by atoms with Crippen LogP contribution in [0.3, 0.4) is 0 Å². The molecule has 0 aromatic heterocycles. The van der Waals surface area contributed by atoms with Crippen molar-refractivity contribution in [2.75, 3.05) is 18.6 Å². The monoisotopic (exact) mass is 312 g/mol. The molecule has 1 amide bonds. The van der Waals surface area contributed by atoms with E-state index in [4.69, 9.17) is 0 Å². The van der Waals surface area contributed by atoms with Crippen molar-refractivity contribution in [2.45, 2.75) is 19.4 Å². The number of carbonyl (C=O) groups is 1. The minimum absolute atomic E-state index is 0.00759. The molecule has 1 aromatic rings. The van der Waals surface area contributed by atoms with Crippen LogP contribution in [0.25, 0.3) is 0 Å². The Morgan fingerprint density at radius 3 is 2.62 bits per heavy atom. The zero-order valence-corrected chi connectivity index (χ0v) is 12.6. The van der Waals surface area contributed by atoms with Crippen molar-refractivity contribution < 1.29 is 18.1 Å². The van der Waals surface area contributed by atoms with E-state index < -0.39 is 26.7 Å². The maximum atomic E-state index is 12.4. The summed E-state index contributed by atoms with van der Waals surface area (Å²) < 4.78 is 23.0. The molecule has 2 rings (SSSR count). The second kappa shape index (κ2) is 5.44. The first kappa shape index (κ1) is 15.4. The number of benzene rings is 1. The van der Waals surface area contributed by atoms with Crippen LogP contribution in [0, 0.1) is 17.0 Å². The van der Waals surface area contributed by atoms with E-state index >= 15 is 0 Å². The smallest absolute Gasteiger partial charge is 0.285 e. The molecule has 1 aromatic carbocycles. The van der Waals surface area contributed by atoms with Gasteiger partial charge in [-0.2, -0.15) is 0 Å². The third-order valence-electron chi connectivity index (χ3n) is 3.73. The van der Waals surface area contributed by atoms with Gasteiger partial charge in [0.05, 0.1) is 16.4 Å². The largest absolute Gasteiger partial charge is 0.337 e. The molecular weight excluding hydrogens is 296 g/mol.